The van der Waals surface area contributed by atoms with Crippen LogP contribution in [-0.2, 0) is 11.3 Å². The van der Waals surface area contributed by atoms with Crippen molar-refractivity contribution >= 4 is 5.91 Å². The molecule has 1 heterocycles. The Balaban J connectivity index is 1.67. The molecule has 1 amide bonds. The Labute approximate surface area is 170 Å². The van der Waals surface area contributed by atoms with Gasteiger partial charge < -0.3 is 18.9 Å². The second kappa shape index (κ2) is 9.23. The van der Waals surface area contributed by atoms with Gasteiger partial charge in [0.1, 0.15) is 0 Å². The number of para-hydroxylation sites is 2. The fraction of sp³-hybridized carbons (Fsp3) is 0.318. The Kier molecular flexibility index (Phi) is 6.49. The molecule has 3 rings (SSSR count). The number of rotatable bonds is 8. The number of hydrogen-bond acceptors (Lipinski definition) is 6. The van der Waals surface area contributed by atoms with Gasteiger partial charge in [0, 0.05) is 12.6 Å². The fourth-order valence-corrected chi connectivity index (χ4v) is 2.84. The van der Waals surface area contributed by atoms with Gasteiger partial charge in [0.15, 0.2) is 17.6 Å². The normalized spacial score (nSPS) is 11.7. The quantitative estimate of drug-likeness (QED) is 0.576. The molecule has 3 aromatic rings. The van der Waals surface area contributed by atoms with Crippen molar-refractivity contribution in [3.8, 4) is 22.9 Å². The van der Waals surface area contributed by atoms with Crippen LogP contribution in [0.3, 0.4) is 0 Å². The molecule has 0 fully saturated rings. The molecule has 0 bridgehead atoms. The molecule has 0 aliphatic rings. The summed E-state index contributed by atoms with van der Waals surface area (Å²) in [5.41, 5.74) is 2.02. The van der Waals surface area contributed by atoms with Gasteiger partial charge in [-0.25, -0.2) is 0 Å². The Morgan fingerprint density at radius 3 is 2.48 bits per heavy atom. The average molecular weight is 395 g/mol. The van der Waals surface area contributed by atoms with Crippen molar-refractivity contribution < 1.29 is 18.8 Å². The number of methoxy groups -OCH3 is 1. The van der Waals surface area contributed by atoms with E-state index in [1.807, 2.05) is 50.2 Å². The van der Waals surface area contributed by atoms with E-state index in [2.05, 4.69) is 10.1 Å². The minimum Gasteiger partial charge on any atom is -0.493 e. The van der Waals surface area contributed by atoms with Crippen LogP contribution in [0.25, 0.3) is 11.4 Å². The van der Waals surface area contributed by atoms with Crippen molar-refractivity contribution in [1.29, 1.82) is 0 Å². The molecule has 29 heavy (non-hydrogen) atoms. The topological polar surface area (TPSA) is 77.7 Å². The molecular weight excluding hydrogens is 370 g/mol. The molecule has 0 N–H and O–H groups in total. The Bertz CT molecular complexity index is 953. The number of aromatic nitrogens is 2. The van der Waals surface area contributed by atoms with Crippen molar-refractivity contribution in [2.75, 3.05) is 14.2 Å². The highest BCUT2D eigenvalue weighted by Crippen LogP contribution is 2.27. The average Bonchev–Trinajstić information content (AvgIpc) is 3.20. The zero-order chi connectivity index (χ0) is 20.8. The maximum atomic E-state index is 12.9. The SMILES string of the molecule is CCC(Oc1ccccc1OC)C(=O)N(C)Cc1nc(-c2ccc(C)cc2)no1. The van der Waals surface area contributed by atoms with E-state index in [9.17, 15) is 4.79 Å². The summed E-state index contributed by atoms with van der Waals surface area (Å²) in [6, 6.07) is 15.1. The lowest BCUT2D eigenvalue weighted by atomic mass is 10.1. The third-order valence-corrected chi connectivity index (χ3v) is 4.51. The van der Waals surface area contributed by atoms with Crippen LogP contribution in [0, 0.1) is 6.92 Å². The largest absolute Gasteiger partial charge is 0.493 e. The molecule has 0 radical (unpaired) electrons. The van der Waals surface area contributed by atoms with Crippen molar-refractivity contribution in [3.05, 3.63) is 60.0 Å². The third-order valence-electron chi connectivity index (χ3n) is 4.51. The molecule has 0 spiro atoms. The first kappa shape index (κ1) is 20.4. The van der Waals surface area contributed by atoms with E-state index in [0.29, 0.717) is 29.6 Å². The molecule has 7 nitrogen and oxygen atoms in total. The molecule has 1 unspecified atom stereocenters. The number of carbonyl (C=O) groups is 1. The monoisotopic (exact) mass is 395 g/mol. The van der Waals surface area contributed by atoms with Crippen LogP contribution in [-0.4, -0.2) is 41.2 Å². The summed E-state index contributed by atoms with van der Waals surface area (Å²) in [5, 5.41) is 4.01. The molecular formula is C22H25N3O4. The van der Waals surface area contributed by atoms with Crippen molar-refractivity contribution in [2.45, 2.75) is 32.9 Å². The van der Waals surface area contributed by atoms with Crippen LogP contribution in [0.15, 0.2) is 53.1 Å². The van der Waals surface area contributed by atoms with E-state index in [0.717, 1.165) is 11.1 Å². The summed E-state index contributed by atoms with van der Waals surface area (Å²) < 4.78 is 16.5. The van der Waals surface area contributed by atoms with E-state index in [1.54, 1.807) is 26.3 Å². The highest BCUT2D eigenvalue weighted by atomic mass is 16.5. The first-order valence-electron chi connectivity index (χ1n) is 9.46. The van der Waals surface area contributed by atoms with E-state index in [1.165, 1.54) is 4.90 Å². The number of likely N-dealkylation sites (N-methyl/N-ethyl adjacent to an activating group) is 1. The van der Waals surface area contributed by atoms with Gasteiger partial charge in [-0.2, -0.15) is 4.98 Å². The highest BCUT2D eigenvalue weighted by molar-refractivity contribution is 5.81. The molecule has 2 aromatic carbocycles. The number of ether oxygens (including phenoxy) is 2. The van der Waals surface area contributed by atoms with E-state index in [4.69, 9.17) is 14.0 Å². The molecule has 0 aliphatic heterocycles. The van der Waals surface area contributed by atoms with Crippen molar-refractivity contribution in [1.82, 2.24) is 15.0 Å². The standard InChI is InChI=1S/C22H25N3O4/c1-5-17(28-19-9-7-6-8-18(19)27-4)22(26)25(3)14-20-23-21(24-29-20)16-12-10-15(2)11-13-16/h6-13,17H,5,14H2,1-4H3. The second-order valence-corrected chi connectivity index (χ2v) is 6.74. The van der Waals surface area contributed by atoms with Crippen molar-refractivity contribution in [2.24, 2.45) is 0 Å². The molecule has 0 saturated heterocycles. The lowest BCUT2D eigenvalue weighted by Crippen LogP contribution is -2.39. The maximum absolute atomic E-state index is 12.9. The van der Waals surface area contributed by atoms with Gasteiger partial charge in [-0.1, -0.05) is 54.0 Å². The molecule has 152 valence electrons. The number of hydrogen-bond donors (Lipinski definition) is 0. The van der Waals surface area contributed by atoms with Crippen LogP contribution in [0.4, 0.5) is 0 Å². The zero-order valence-electron chi connectivity index (χ0n) is 17.1. The van der Waals surface area contributed by atoms with Crippen molar-refractivity contribution in [3.63, 3.8) is 0 Å². The van der Waals surface area contributed by atoms with Gasteiger partial charge in [-0.05, 0) is 25.5 Å². The predicted octanol–water partition coefficient (Wildman–Crippen LogP) is 3.87. The van der Waals surface area contributed by atoms with E-state index in [-0.39, 0.29) is 12.5 Å². The number of nitrogens with zero attached hydrogens (tertiary/aromatic N) is 3. The van der Waals surface area contributed by atoms with E-state index < -0.39 is 6.10 Å². The zero-order valence-corrected chi connectivity index (χ0v) is 17.1. The first-order chi connectivity index (χ1) is 14.0. The Morgan fingerprint density at radius 2 is 1.83 bits per heavy atom. The summed E-state index contributed by atoms with van der Waals surface area (Å²) in [7, 11) is 3.25. The van der Waals surface area contributed by atoms with Gasteiger partial charge >= 0.3 is 0 Å². The number of benzene rings is 2. The van der Waals surface area contributed by atoms with Crippen LogP contribution in [0.5, 0.6) is 11.5 Å². The second-order valence-electron chi connectivity index (χ2n) is 6.74. The van der Waals surface area contributed by atoms with Crippen LogP contribution in [0.2, 0.25) is 0 Å². The lowest BCUT2D eigenvalue weighted by molar-refractivity contribution is -0.138. The lowest BCUT2D eigenvalue weighted by Gasteiger charge is -2.23. The molecule has 7 heteroatoms. The van der Waals surface area contributed by atoms with Crippen LogP contribution >= 0.6 is 0 Å². The summed E-state index contributed by atoms with van der Waals surface area (Å²) in [6.45, 7) is 4.11. The Morgan fingerprint density at radius 1 is 1.14 bits per heavy atom. The molecule has 1 atom stereocenters. The number of carbonyl (C=O) groups excluding carboxylic acids is 1. The summed E-state index contributed by atoms with van der Waals surface area (Å²) in [5.74, 6) is 1.80. The van der Waals surface area contributed by atoms with Gasteiger partial charge in [-0.3, -0.25) is 4.79 Å². The number of aryl methyl sites for hydroxylation is 1. The minimum absolute atomic E-state index is 0.173. The van der Waals surface area contributed by atoms with Crippen LogP contribution < -0.4 is 9.47 Å². The fourth-order valence-electron chi connectivity index (χ4n) is 2.84. The number of amides is 1. The molecule has 1 aromatic heterocycles. The van der Waals surface area contributed by atoms with Gasteiger partial charge in [0.2, 0.25) is 11.7 Å². The summed E-state index contributed by atoms with van der Waals surface area (Å²) >= 11 is 0. The minimum atomic E-state index is -0.643. The predicted molar refractivity (Wildman–Crippen MR) is 109 cm³/mol. The summed E-state index contributed by atoms with van der Waals surface area (Å²) in [4.78, 5) is 18.8. The van der Waals surface area contributed by atoms with Crippen LogP contribution in [0.1, 0.15) is 24.8 Å². The molecule has 0 saturated carbocycles. The third kappa shape index (κ3) is 4.93. The maximum Gasteiger partial charge on any atom is 0.263 e. The molecule has 0 aliphatic carbocycles. The smallest absolute Gasteiger partial charge is 0.263 e. The van der Waals surface area contributed by atoms with Gasteiger partial charge in [0.05, 0.1) is 13.7 Å². The van der Waals surface area contributed by atoms with Gasteiger partial charge in [-0.15, -0.1) is 0 Å². The Hall–Kier alpha value is -3.35. The van der Waals surface area contributed by atoms with E-state index >= 15 is 0 Å². The van der Waals surface area contributed by atoms with Gasteiger partial charge in [0.25, 0.3) is 5.91 Å². The first-order valence-corrected chi connectivity index (χ1v) is 9.46. The summed E-state index contributed by atoms with van der Waals surface area (Å²) in [6.07, 6.45) is -0.129. The highest BCUT2D eigenvalue weighted by Gasteiger charge is 2.25.